The Hall–Kier alpha value is -2.10. The summed E-state index contributed by atoms with van der Waals surface area (Å²) < 4.78 is 22.7. The highest BCUT2D eigenvalue weighted by Gasteiger charge is 2.31. The van der Waals surface area contributed by atoms with E-state index in [1.807, 2.05) is 67.5 Å². The summed E-state index contributed by atoms with van der Waals surface area (Å²) in [6.07, 6.45) is 1.10. The van der Waals surface area contributed by atoms with Crippen molar-refractivity contribution >= 4 is 28.4 Å². The molecule has 0 spiro atoms. The number of piperidine rings is 1. The average molecular weight is 505 g/mol. The normalized spacial score (nSPS) is 17.5. The first-order valence-corrected chi connectivity index (χ1v) is 13.4. The van der Waals surface area contributed by atoms with Gasteiger partial charge in [-0.25, -0.2) is 9.78 Å². The van der Waals surface area contributed by atoms with E-state index in [9.17, 15) is 14.1 Å². The van der Waals surface area contributed by atoms with Gasteiger partial charge < -0.3 is 14.2 Å². The molecule has 2 heterocycles. The average Bonchev–Trinajstić information content (AvgIpc) is 2.74. The summed E-state index contributed by atoms with van der Waals surface area (Å²) in [5.41, 5.74) is 1.85. The van der Waals surface area contributed by atoms with Crippen molar-refractivity contribution in [2.24, 2.45) is 7.05 Å². The first kappa shape index (κ1) is 27.5. The number of aryl methyl sites for hydroxylation is 1. The number of benzene rings is 1. The van der Waals surface area contributed by atoms with E-state index in [1.165, 1.54) is 0 Å². The minimum absolute atomic E-state index is 0.0527. The molecule has 1 aliphatic heterocycles. The van der Waals surface area contributed by atoms with Gasteiger partial charge in [-0.3, -0.25) is 9.36 Å². The molecule has 3 rings (SSSR count). The number of carbonyl (C=O) groups excluding carboxylic acids is 1. The molecule has 1 aromatic carbocycles. The predicted molar refractivity (Wildman–Crippen MR) is 141 cm³/mol. The molecule has 9 heteroatoms. The second-order valence-electron chi connectivity index (χ2n) is 11.5. The molecule has 0 bridgehead atoms. The Kier molecular flexibility index (Phi) is 7.94. The maximum Gasteiger partial charge on any atom is 0.410 e. The van der Waals surface area contributed by atoms with Crippen LogP contribution in [0, 0.1) is 6.92 Å². The standard InChI is InChI=1S/C26H40N4O4S/c1-16-14-19(17(2)28-35(33)26(6,7)8)21-20(15-16)23(31)29(9)22(27-21)18-10-12-30(13-11-18)24(32)34-25(3,4)5/h14-15,17-18,28H,10-13H2,1-9H3/t17-,35?/m1/s1. The van der Waals surface area contributed by atoms with Gasteiger partial charge in [-0.1, -0.05) is 6.07 Å². The van der Waals surface area contributed by atoms with Crippen molar-refractivity contribution in [2.45, 2.75) is 90.5 Å². The first-order chi connectivity index (χ1) is 16.1. The van der Waals surface area contributed by atoms with Crippen LogP contribution >= 0.6 is 0 Å². The van der Waals surface area contributed by atoms with Gasteiger partial charge in [-0.05, 0) is 79.9 Å². The second-order valence-corrected chi connectivity index (χ2v) is 13.5. The summed E-state index contributed by atoms with van der Waals surface area (Å²) in [7, 11) is 1.77. The summed E-state index contributed by atoms with van der Waals surface area (Å²) in [4.78, 5) is 32.6. The van der Waals surface area contributed by atoms with Crippen molar-refractivity contribution in [1.82, 2.24) is 19.2 Å². The Morgan fingerprint density at radius 2 is 1.80 bits per heavy atom. The van der Waals surface area contributed by atoms with Gasteiger partial charge in [-0.15, -0.1) is 4.72 Å². The van der Waals surface area contributed by atoms with Gasteiger partial charge in [0.05, 0.1) is 16.9 Å². The van der Waals surface area contributed by atoms with E-state index in [0.717, 1.165) is 17.0 Å². The predicted octanol–water partition coefficient (Wildman–Crippen LogP) is 4.47. The number of nitrogens with zero attached hydrogens (tertiary/aromatic N) is 3. The van der Waals surface area contributed by atoms with Crippen molar-refractivity contribution in [3.05, 3.63) is 39.4 Å². The molecule has 1 unspecified atom stereocenters. The molecule has 0 radical (unpaired) electrons. The van der Waals surface area contributed by atoms with Crippen molar-refractivity contribution in [2.75, 3.05) is 13.1 Å². The van der Waals surface area contributed by atoms with E-state index in [2.05, 4.69) is 4.72 Å². The van der Waals surface area contributed by atoms with Crippen molar-refractivity contribution in [1.29, 1.82) is 0 Å². The third kappa shape index (κ3) is 6.37. The van der Waals surface area contributed by atoms with Gasteiger partial charge in [0.25, 0.3) is 5.56 Å². The first-order valence-electron chi connectivity index (χ1n) is 12.3. The highest BCUT2D eigenvalue weighted by atomic mass is 32.2. The fourth-order valence-corrected chi connectivity index (χ4v) is 5.11. The quantitative estimate of drug-likeness (QED) is 0.617. The summed E-state index contributed by atoms with van der Waals surface area (Å²) in [6.45, 7) is 16.4. The lowest BCUT2D eigenvalue weighted by molar-refractivity contribution is 0.0202. The highest BCUT2D eigenvalue weighted by Crippen LogP contribution is 2.30. The van der Waals surface area contributed by atoms with Crippen LogP contribution in [0.3, 0.4) is 0 Å². The molecule has 0 aliphatic carbocycles. The van der Waals surface area contributed by atoms with E-state index in [1.54, 1.807) is 16.5 Å². The number of amides is 1. The molecule has 1 aliphatic rings. The van der Waals surface area contributed by atoms with E-state index < -0.39 is 21.7 Å². The van der Waals surface area contributed by atoms with Crippen LogP contribution in [0.15, 0.2) is 16.9 Å². The van der Waals surface area contributed by atoms with Crippen LogP contribution in [0.4, 0.5) is 4.79 Å². The Morgan fingerprint density at radius 1 is 1.20 bits per heavy atom. The molecule has 35 heavy (non-hydrogen) atoms. The zero-order valence-electron chi connectivity index (χ0n) is 22.5. The van der Waals surface area contributed by atoms with Crippen LogP contribution in [0.1, 0.15) is 90.2 Å². The summed E-state index contributed by atoms with van der Waals surface area (Å²) in [6, 6.07) is 3.64. The van der Waals surface area contributed by atoms with Crippen molar-refractivity contribution < 1.29 is 14.1 Å². The molecule has 8 nitrogen and oxygen atoms in total. The Bertz CT molecular complexity index is 1140. The maximum atomic E-state index is 13.4. The largest absolute Gasteiger partial charge is 0.598 e. The fourth-order valence-electron chi connectivity index (χ4n) is 4.31. The van der Waals surface area contributed by atoms with Gasteiger partial charge >= 0.3 is 6.09 Å². The van der Waals surface area contributed by atoms with Crippen molar-refractivity contribution in [3.63, 3.8) is 0 Å². The molecule has 2 atom stereocenters. The molecular formula is C26H40N4O4S. The number of hydrogen-bond acceptors (Lipinski definition) is 6. The van der Waals surface area contributed by atoms with Gasteiger partial charge in [0, 0.05) is 43.0 Å². The zero-order valence-corrected chi connectivity index (χ0v) is 23.3. The number of hydrogen-bond donors (Lipinski definition) is 1. The Labute approximate surface area is 211 Å². The number of carbonyl (C=O) groups is 1. The van der Waals surface area contributed by atoms with E-state index in [-0.39, 0.29) is 23.6 Å². The lowest BCUT2D eigenvalue weighted by Crippen LogP contribution is -2.42. The summed E-state index contributed by atoms with van der Waals surface area (Å²) in [5.74, 6) is 0.775. The van der Waals surface area contributed by atoms with Crippen LogP contribution in [0.25, 0.3) is 10.9 Å². The topological polar surface area (TPSA) is 99.5 Å². The van der Waals surface area contributed by atoms with Crippen LogP contribution in [0.2, 0.25) is 0 Å². The van der Waals surface area contributed by atoms with Gasteiger partial charge in [-0.2, -0.15) is 0 Å². The van der Waals surface area contributed by atoms with Gasteiger partial charge in [0.2, 0.25) is 0 Å². The SMILES string of the molecule is Cc1cc([C@@H](C)N[S+]([O-])C(C)(C)C)c2nc(C3CCN(C(=O)OC(C)(C)C)CC3)n(C)c(=O)c2c1. The number of fused-ring (bicyclic) bond motifs is 1. The van der Waals surface area contributed by atoms with Crippen LogP contribution < -0.4 is 10.3 Å². The molecule has 1 N–H and O–H groups in total. The van der Waals surface area contributed by atoms with Crippen LogP contribution in [-0.2, 0) is 23.1 Å². The third-order valence-electron chi connectivity index (χ3n) is 6.21. The fraction of sp³-hybridized carbons (Fsp3) is 0.654. The number of aromatic nitrogens is 2. The molecule has 0 saturated carbocycles. The molecule has 1 aromatic heterocycles. The highest BCUT2D eigenvalue weighted by molar-refractivity contribution is 7.90. The number of ether oxygens (including phenoxy) is 1. The van der Waals surface area contributed by atoms with Gasteiger partial charge in [0.1, 0.15) is 16.2 Å². The Balaban J connectivity index is 1.93. The number of rotatable bonds is 4. The van der Waals surface area contributed by atoms with E-state index in [4.69, 9.17) is 9.72 Å². The van der Waals surface area contributed by atoms with Crippen molar-refractivity contribution in [3.8, 4) is 0 Å². The van der Waals surface area contributed by atoms with Crippen LogP contribution in [0.5, 0.6) is 0 Å². The number of nitrogens with one attached hydrogen (secondary N) is 1. The smallest absolute Gasteiger partial charge is 0.410 e. The second kappa shape index (κ2) is 10.1. The molecule has 2 aromatic rings. The summed E-state index contributed by atoms with van der Waals surface area (Å²) >= 11 is -1.26. The molecule has 194 valence electrons. The van der Waals surface area contributed by atoms with Gasteiger partial charge in [0.15, 0.2) is 0 Å². The maximum absolute atomic E-state index is 13.4. The molecule has 1 fully saturated rings. The summed E-state index contributed by atoms with van der Waals surface area (Å²) in [5, 5.41) is 0.563. The minimum Gasteiger partial charge on any atom is -0.598 e. The van der Waals surface area contributed by atoms with E-state index >= 15 is 0 Å². The zero-order chi connectivity index (χ0) is 26.3. The van der Waals surface area contributed by atoms with E-state index in [0.29, 0.717) is 36.8 Å². The Morgan fingerprint density at radius 3 is 2.34 bits per heavy atom. The molecule has 1 saturated heterocycles. The number of likely N-dealkylation sites (tertiary alicyclic amines) is 1. The lowest BCUT2D eigenvalue weighted by Gasteiger charge is -2.33. The molecular weight excluding hydrogens is 464 g/mol. The van der Waals surface area contributed by atoms with Crippen LogP contribution in [-0.4, -0.2) is 48.5 Å². The minimum atomic E-state index is -1.26. The monoisotopic (exact) mass is 504 g/mol. The third-order valence-corrected chi connectivity index (χ3v) is 7.89. The lowest BCUT2D eigenvalue weighted by atomic mass is 9.95. The molecule has 1 amide bonds.